The van der Waals surface area contributed by atoms with E-state index >= 15 is 0 Å². The van der Waals surface area contributed by atoms with Crippen molar-refractivity contribution in [2.45, 2.75) is 38.1 Å². The molecule has 2 rings (SSSR count). The van der Waals surface area contributed by atoms with Crippen molar-refractivity contribution in [2.24, 2.45) is 5.92 Å². The van der Waals surface area contributed by atoms with Crippen LogP contribution in [0.2, 0.25) is 0 Å². The summed E-state index contributed by atoms with van der Waals surface area (Å²) in [4.78, 5) is 1.54. The summed E-state index contributed by atoms with van der Waals surface area (Å²) in [6.07, 6.45) is 3.97. The first-order valence-electron chi connectivity index (χ1n) is 5.62. The molecule has 1 aromatic heterocycles. The summed E-state index contributed by atoms with van der Waals surface area (Å²) in [7, 11) is 2.08. The van der Waals surface area contributed by atoms with E-state index in [0.29, 0.717) is 6.04 Å². The summed E-state index contributed by atoms with van der Waals surface area (Å²) in [5.74, 6) is 1.56. The molecule has 0 spiro atoms. The van der Waals surface area contributed by atoms with E-state index in [9.17, 15) is 0 Å². The molecule has 0 aliphatic heterocycles. The number of halogens is 1. The highest BCUT2D eigenvalue weighted by Gasteiger charge is 2.29. The highest BCUT2D eigenvalue weighted by atomic mass is 79.9. The Morgan fingerprint density at radius 2 is 2.27 bits per heavy atom. The van der Waals surface area contributed by atoms with E-state index in [1.807, 2.05) is 11.3 Å². The molecule has 1 nitrogen and oxygen atoms in total. The average Bonchev–Trinajstić information content (AvgIpc) is 2.65. The normalized spacial score (nSPS) is 31.8. The zero-order valence-corrected chi connectivity index (χ0v) is 11.7. The number of hydrogen-bond acceptors (Lipinski definition) is 2. The summed E-state index contributed by atoms with van der Waals surface area (Å²) in [6, 6.07) is 2.88. The summed E-state index contributed by atoms with van der Waals surface area (Å²) < 4.78 is 1.31. The molecule has 1 aromatic rings. The Bertz CT molecular complexity index is 323. The van der Waals surface area contributed by atoms with Crippen LogP contribution in [0.4, 0.5) is 0 Å². The first kappa shape index (κ1) is 11.6. The molecule has 0 bridgehead atoms. The van der Waals surface area contributed by atoms with Crippen LogP contribution in [0, 0.1) is 5.92 Å². The lowest BCUT2D eigenvalue weighted by atomic mass is 9.77. The lowest BCUT2D eigenvalue weighted by molar-refractivity contribution is 0.279. The van der Waals surface area contributed by atoms with Crippen LogP contribution in [0.3, 0.4) is 0 Å². The molecule has 0 aromatic carbocycles. The first-order chi connectivity index (χ1) is 7.22. The van der Waals surface area contributed by atoms with E-state index in [-0.39, 0.29) is 0 Å². The maximum absolute atomic E-state index is 3.66. The van der Waals surface area contributed by atoms with Crippen molar-refractivity contribution in [3.63, 3.8) is 0 Å². The number of nitrogens with one attached hydrogen (secondary N) is 1. The largest absolute Gasteiger partial charge is 0.317 e. The van der Waals surface area contributed by atoms with Gasteiger partial charge in [0.05, 0.1) is 0 Å². The Balaban J connectivity index is 2.16. The molecule has 15 heavy (non-hydrogen) atoms. The van der Waals surface area contributed by atoms with E-state index in [2.05, 4.69) is 46.7 Å². The zero-order chi connectivity index (χ0) is 10.8. The number of hydrogen-bond donors (Lipinski definition) is 1. The molecule has 1 fully saturated rings. The van der Waals surface area contributed by atoms with Crippen molar-refractivity contribution < 1.29 is 0 Å². The van der Waals surface area contributed by atoms with Gasteiger partial charge in [0.15, 0.2) is 0 Å². The second kappa shape index (κ2) is 4.98. The van der Waals surface area contributed by atoms with E-state index in [4.69, 9.17) is 0 Å². The maximum Gasteiger partial charge on any atom is 0.0317 e. The van der Waals surface area contributed by atoms with Gasteiger partial charge in [-0.2, -0.15) is 0 Å². The predicted molar refractivity (Wildman–Crippen MR) is 70.6 cm³/mol. The molecular weight excluding hydrogens is 270 g/mol. The average molecular weight is 288 g/mol. The van der Waals surface area contributed by atoms with Gasteiger partial charge in [-0.3, -0.25) is 0 Å². The lowest BCUT2D eigenvalue weighted by Gasteiger charge is -2.34. The Labute approximate surface area is 104 Å². The van der Waals surface area contributed by atoms with Crippen molar-refractivity contribution >= 4 is 27.3 Å². The van der Waals surface area contributed by atoms with Gasteiger partial charge in [0.2, 0.25) is 0 Å². The third-order valence-electron chi connectivity index (χ3n) is 3.59. The van der Waals surface area contributed by atoms with Crippen molar-refractivity contribution in [1.82, 2.24) is 5.32 Å². The van der Waals surface area contributed by atoms with Gasteiger partial charge in [0, 0.05) is 15.4 Å². The molecule has 0 radical (unpaired) electrons. The van der Waals surface area contributed by atoms with Crippen LogP contribution < -0.4 is 5.32 Å². The molecule has 0 saturated heterocycles. The number of thiophene rings is 1. The third-order valence-corrected chi connectivity index (χ3v) is 5.59. The van der Waals surface area contributed by atoms with Crippen molar-refractivity contribution in [1.29, 1.82) is 0 Å². The molecule has 3 heteroatoms. The fraction of sp³-hybridized carbons (Fsp3) is 0.667. The standard InChI is InChI=1S/C12H18BrNS/c1-8-3-4-9(14-2)7-10(8)12-11(13)5-6-15-12/h5-6,8-10,14H,3-4,7H2,1-2H3. The SMILES string of the molecule is CNC1CCC(C)C(c2sccc2Br)C1. The van der Waals surface area contributed by atoms with Gasteiger partial charge in [-0.15, -0.1) is 11.3 Å². The molecular formula is C12H18BrNS. The zero-order valence-electron chi connectivity index (χ0n) is 9.29. The maximum atomic E-state index is 3.66. The fourth-order valence-electron chi connectivity index (χ4n) is 2.52. The molecule has 1 aliphatic rings. The summed E-state index contributed by atoms with van der Waals surface area (Å²) >= 11 is 5.56. The van der Waals surface area contributed by atoms with Gasteiger partial charge >= 0.3 is 0 Å². The van der Waals surface area contributed by atoms with Gasteiger partial charge in [0.25, 0.3) is 0 Å². The third kappa shape index (κ3) is 2.45. The molecule has 3 atom stereocenters. The van der Waals surface area contributed by atoms with Crippen molar-refractivity contribution in [3.8, 4) is 0 Å². The first-order valence-corrected chi connectivity index (χ1v) is 7.29. The Morgan fingerprint density at radius 3 is 2.87 bits per heavy atom. The Morgan fingerprint density at radius 1 is 1.47 bits per heavy atom. The van der Waals surface area contributed by atoms with Gasteiger partial charge in [0.1, 0.15) is 0 Å². The second-order valence-electron chi connectivity index (χ2n) is 4.52. The van der Waals surface area contributed by atoms with Crippen LogP contribution in [0.25, 0.3) is 0 Å². The highest BCUT2D eigenvalue weighted by molar-refractivity contribution is 9.10. The summed E-state index contributed by atoms with van der Waals surface area (Å²) in [5.41, 5.74) is 0. The van der Waals surface area contributed by atoms with E-state index in [1.54, 1.807) is 4.88 Å². The van der Waals surface area contributed by atoms with E-state index in [1.165, 1.54) is 23.7 Å². The molecule has 1 N–H and O–H groups in total. The van der Waals surface area contributed by atoms with Gasteiger partial charge < -0.3 is 5.32 Å². The topological polar surface area (TPSA) is 12.0 Å². The quantitative estimate of drug-likeness (QED) is 0.867. The van der Waals surface area contributed by atoms with E-state index in [0.717, 1.165) is 11.8 Å². The molecule has 1 heterocycles. The lowest BCUT2D eigenvalue weighted by Crippen LogP contribution is -2.33. The molecule has 0 amide bonds. The van der Waals surface area contributed by atoms with E-state index < -0.39 is 0 Å². The predicted octanol–water partition coefficient (Wildman–Crippen LogP) is 4.00. The minimum Gasteiger partial charge on any atom is -0.317 e. The Kier molecular flexibility index (Phi) is 3.86. The molecule has 1 aliphatic carbocycles. The van der Waals surface area contributed by atoms with Crippen LogP contribution in [-0.4, -0.2) is 13.1 Å². The van der Waals surface area contributed by atoms with Gasteiger partial charge in [-0.05, 0) is 65.5 Å². The van der Waals surface area contributed by atoms with Gasteiger partial charge in [-0.25, -0.2) is 0 Å². The molecule has 84 valence electrons. The fourth-order valence-corrected chi connectivity index (χ4v) is 4.44. The van der Waals surface area contributed by atoms with Crippen LogP contribution in [-0.2, 0) is 0 Å². The van der Waals surface area contributed by atoms with Crippen LogP contribution >= 0.6 is 27.3 Å². The summed E-state index contributed by atoms with van der Waals surface area (Å²) in [6.45, 7) is 2.39. The molecule has 1 saturated carbocycles. The van der Waals surface area contributed by atoms with Crippen LogP contribution in [0.1, 0.15) is 37.0 Å². The van der Waals surface area contributed by atoms with Crippen LogP contribution in [0.15, 0.2) is 15.9 Å². The molecule has 3 unspecified atom stereocenters. The van der Waals surface area contributed by atoms with Crippen molar-refractivity contribution in [3.05, 3.63) is 20.8 Å². The second-order valence-corrected chi connectivity index (χ2v) is 6.32. The number of rotatable bonds is 2. The minimum absolute atomic E-state index is 0.709. The van der Waals surface area contributed by atoms with Gasteiger partial charge in [-0.1, -0.05) is 6.92 Å². The Hall–Kier alpha value is 0.140. The minimum atomic E-state index is 0.709. The smallest absolute Gasteiger partial charge is 0.0317 e. The highest BCUT2D eigenvalue weighted by Crippen LogP contribution is 2.42. The summed E-state index contributed by atoms with van der Waals surface area (Å²) in [5, 5.41) is 5.61. The monoisotopic (exact) mass is 287 g/mol. The van der Waals surface area contributed by atoms with Crippen LogP contribution in [0.5, 0.6) is 0 Å². The van der Waals surface area contributed by atoms with Crippen molar-refractivity contribution in [2.75, 3.05) is 7.05 Å².